The number of amides is 1. The zero-order chi connectivity index (χ0) is 24.3. The van der Waals surface area contributed by atoms with Crippen LogP contribution in [0.2, 0.25) is 0 Å². The Morgan fingerprint density at radius 2 is 1.65 bits per heavy atom. The molecule has 1 N–H and O–H groups in total. The van der Waals surface area contributed by atoms with Crippen LogP contribution in [0.3, 0.4) is 0 Å². The van der Waals surface area contributed by atoms with Crippen molar-refractivity contribution in [3.8, 4) is 0 Å². The smallest absolute Gasteiger partial charge is 0.255 e. The van der Waals surface area contributed by atoms with Crippen LogP contribution in [-0.2, 0) is 16.6 Å². The van der Waals surface area contributed by atoms with Gasteiger partial charge in [0.15, 0.2) is 0 Å². The van der Waals surface area contributed by atoms with Crippen LogP contribution >= 0.6 is 15.9 Å². The third kappa shape index (κ3) is 5.75. The first-order valence-electron chi connectivity index (χ1n) is 11.2. The molecule has 3 aromatic carbocycles. The fourth-order valence-corrected chi connectivity index (χ4v) is 5.65. The van der Waals surface area contributed by atoms with E-state index < -0.39 is 10.0 Å². The molecule has 0 unspecified atom stereocenters. The molecule has 1 amide bonds. The number of anilines is 1. The maximum absolute atomic E-state index is 12.9. The van der Waals surface area contributed by atoms with Gasteiger partial charge in [-0.15, -0.1) is 0 Å². The van der Waals surface area contributed by atoms with Crippen molar-refractivity contribution in [3.05, 3.63) is 93.5 Å². The van der Waals surface area contributed by atoms with Crippen molar-refractivity contribution < 1.29 is 13.2 Å². The van der Waals surface area contributed by atoms with E-state index in [1.807, 2.05) is 62.4 Å². The lowest BCUT2D eigenvalue weighted by molar-refractivity contribution is 0.102. The summed E-state index contributed by atoms with van der Waals surface area (Å²) in [7, 11) is -3.48. The number of nitrogens with one attached hydrogen (secondary N) is 1. The Morgan fingerprint density at radius 3 is 2.32 bits per heavy atom. The number of piperazine rings is 1. The molecule has 0 aromatic heterocycles. The molecule has 0 radical (unpaired) electrons. The first-order chi connectivity index (χ1) is 16.2. The summed E-state index contributed by atoms with van der Waals surface area (Å²) in [5.74, 6) is -0.155. The normalized spacial score (nSPS) is 15.3. The van der Waals surface area contributed by atoms with E-state index in [2.05, 4.69) is 26.1 Å². The number of sulfonamides is 1. The summed E-state index contributed by atoms with van der Waals surface area (Å²) in [6, 6.07) is 20.3. The van der Waals surface area contributed by atoms with E-state index in [0.717, 1.165) is 26.9 Å². The molecule has 1 aliphatic rings. The number of hydrogen-bond donors (Lipinski definition) is 1. The molecule has 3 aromatic rings. The molecule has 6 nitrogen and oxygen atoms in total. The summed E-state index contributed by atoms with van der Waals surface area (Å²) in [6.45, 7) is 6.75. The Kier molecular flexibility index (Phi) is 7.52. The van der Waals surface area contributed by atoms with Gasteiger partial charge in [-0.2, -0.15) is 4.31 Å². The average Bonchev–Trinajstić information content (AvgIpc) is 2.82. The molecule has 0 bridgehead atoms. The van der Waals surface area contributed by atoms with Gasteiger partial charge in [0.2, 0.25) is 10.0 Å². The summed E-state index contributed by atoms with van der Waals surface area (Å²) < 4.78 is 28.4. The minimum absolute atomic E-state index is 0.155. The lowest BCUT2D eigenvalue weighted by Gasteiger charge is -2.34. The molecule has 1 fully saturated rings. The van der Waals surface area contributed by atoms with Gasteiger partial charge in [-0.25, -0.2) is 8.42 Å². The van der Waals surface area contributed by atoms with E-state index in [9.17, 15) is 13.2 Å². The monoisotopic (exact) mass is 541 g/mol. The van der Waals surface area contributed by atoms with Crippen molar-refractivity contribution in [1.82, 2.24) is 9.21 Å². The van der Waals surface area contributed by atoms with Gasteiger partial charge in [-0.3, -0.25) is 9.69 Å². The summed E-state index contributed by atoms with van der Waals surface area (Å²) in [4.78, 5) is 15.3. The van der Waals surface area contributed by atoms with Crippen LogP contribution < -0.4 is 5.32 Å². The largest absolute Gasteiger partial charge is 0.322 e. The maximum atomic E-state index is 12.9. The van der Waals surface area contributed by atoms with E-state index in [1.54, 1.807) is 22.5 Å². The maximum Gasteiger partial charge on any atom is 0.255 e. The number of nitrogens with zero attached hydrogens (tertiary/aromatic N) is 2. The standard InChI is InChI=1S/C26H28BrN3O3S/c1-19-6-9-24(10-7-19)34(32,33)30-14-12-29(13-15-30)18-21-4-3-5-22(17-21)26(31)28-23-8-11-25(27)20(2)16-23/h3-11,16-17H,12-15,18H2,1-2H3,(H,28,31). The minimum atomic E-state index is -3.48. The van der Waals surface area contributed by atoms with Gasteiger partial charge < -0.3 is 5.32 Å². The Hall–Kier alpha value is -2.52. The highest BCUT2D eigenvalue weighted by atomic mass is 79.9. The van der Waals surface area contributed by atoms with Crippen LogP contribution in [-0.4, -0.2) is 49.7 Å². The lowest BCUT2D eigenvalue weighted by Crippen LogP contribution is -2.48. The quantitative estimate of drug-likeness (QED) is 0.485. The number of rotatable bonds is 6. The Bertz CT molecular complexity index is 1280. The summed E-state index contributed by atoms with van der Waals surface area (Å²) >= 11 is 3.47. The van der Waals surface area contributed by atoms with Crippen molar-refractivity contribution >= 4 is 37.5 Å². The van der Waals surface area contributed by atoms with Crippen LogP contribution in [0.25, 0.3) is 0 Å². The van der Waals surface area contributed by atoms with Crippen molar-refractivity contribution in [3.63, 3.8) is 0 Å². The second-order valence-corrected chi connectivity index (χ2v) is 11.4. The highest BCUT2D eigenvalue weighted by Crippen LogP contribution is 2.22. The molecule has 34 heavy (non-hydrogen) atoms. The molecule has 1 aliphatic heterocycles. The average molecular weight is 542 g/mol. The third-order valence-electron chi connectivity index (χ3n) is 6.00. The van der Waals surface area contributed by atoms with Gasteiger partial charge in [0.1, 0.15) is 0 Å². The van der Waals surface area contributed by atoms with Crippen molar-refractivity contribution in [2.24, 2.45) is 0 Å². The van der Waals surface area contributed by atoms with E-state index in [1.165, 1.54) is 0 Å². The topological polar surface area (TPSA) is 69.7 Å². The predicted octanol–water partition coefficient (Wildman–Crippen LogP) is 4.82. The molecule has 1 heterocycles. The summed E-state index contributed by atoms with van der Waals surface area (Å²) in [5, 5.41) is 2.95. The fraction of sp³-hybridized carbons (Fsp3) is 0.269. The highest BCUT2D eigenvalue weighted by molar-refractivity contribution is 9.10. The first kappa shape index (κ1) is 24.6. The number of carbonyl (C=O) groups is 1. The van der Waals surface area contributed by atoms with Gasteiger partial charge in [-0.05, 0) is 67.4 Å². The molecule has 0 aliphatic carbocycles. The Morgan fingerprint density at radius 1 is 0.941 bits per heavy atom. The zero-order valence-corrected chi connectivity index (χ0v) is 21.7. The van der Waals surface area contributed by atoms with Crippen molar-refractivity contribution in [2.45, 2.75) is 25.3 Å². The molecule has 8 heteroatoms. The van der Waals surface area contributed by atoms with Gasteiger partial charge in [0.05, 0.1) is 4.90 Å². The molecule has 178 valence electrons. The third-order valence-corrected chi connectivity index (χ3v) is 8.80. The molecule has 0 saturated carbocycles. The van der Waals surface area contributed by atoms with Crippen LogP contribution in [0.4, 0.5) is 5.69 Å². The molecule has 4 rings (SSSR count). The van der Waals surface area contributed by atoms with Crippen molar-refractivity contribution in [1.29, 1.82) is 0 Å². The minimum Gasteiger partial charge on any atom is -0.322 e. The fourth-order valence-electron chi connectivity index (χ4n) is 3.98. The molecular formula is C26H28BrN3O3S. The Labute approximate surface area is 209 Å². The SMILES string of the molecule is Cc1ccc(S(=O)(=O)N2CCN(Cc3cccc(C(=O)Nc4ccc(Br)c(C)c4)c3)CC2)cc1. The van der Waals surface area contributed by atoms with E-state index in [4.69, 9.17) is 0 Å². The number of benzene rings is 3. The molecule has 0 spiro atoms. The number of hydrogen-bond acceptors (Lipinski definition) is 4. The van der Waals surface area contributed by atoms with Crippen LogP contribution in [0, 0.1) is 13.8 Å². The van der Waals surface area contributed by atoms with Gasteiger partial charge in [0, 0.05) is 48.4 Å². The summed E-state index contributed by atoms with van der Waals surface area (Å²) in [5.41, 5.74) is 4.46. The highest BCUT2D eigenvalue weighted by Gasteiger charge is 2.28. The van der Waals surface area contributed by atoms with Crippen molar-refractivity contribution in [2.75, 3.05) is 31.5 Å². The van der Waals surface area contributed by atoms with E-state index >= 15 is 0 Å². The van der Waals surface area contributed by atoms with Crippen LogP contribution in [0.1, 0.15) is 27.0 Å². The van der Waals surface area contributed by atoms with Crippen LogP contribution in [0.5, 0.6) is 0 Å². The summed E-state index contributed by atoms with van der Waals surface area (Å²) in [6.07, 6.45) is 0. The second-order valence-electron chi connectivity index (χ2n) is 8.61. The van der Waals surface area contributed by atoms with Gasteiger partial charge in [0.25, 0.3) is 5.91 Å². The van der Waals surface area contributed by atoms with Crippen LogP contribution in [0.15, 0.2) is 76.1 Å². The predicted molar refractivity (Wildman–Crippen MR) is 138 cm³/mol. The number of halogens is 1. The number of aryl methyl sites for hydroxylation is 2. The molecule has 1 saturated heterocycles. The van der Waals surface area contributed by atoms with Gasteiger partial charge >= 0.3 is 0 Å². The first-order valence-corrected chi connectivity index (χ1v) is 13.4. The lowest BCUT2D eigenvalue weighted by atomic mass is 10.1. The van der Waals surface area contributed by atoms with E-state index in [-0.39, 0.29) is 5.91 Å². The number of carbonyl (C=O) groups excluding carboxylic acids is 1. The molecular weight excluding hydrogens is 514 g/mol. The van der Waals surface area contributed by atoms with E-state index in [0.29, 0.717) is 43.2 Å². The van der Waals surface area contributed by atoms with Gasteiger partial charge in [-0.1, -0.05) is 45.8 Å². The molecule has 0 atom stereocenters. The Balaban J connectivity index is 1.36. The second kappa shape index (κ2) is 10.4. The zero-order valence-electron chi connectivity index (χ0n) is 19.3.